The van der Waals surface area contributed by atoms with E-state index in [2.05, 4.69) is 10.3 Å². The van der Waals surface area contributed by atoms with Crippen LogP contribution in [0.1, 0.15) is 15.4 Å². The summed E-state index contributed by atoms with van der Waals surface area (Å²) in [6.45, 7) is 0.141. The van der Waals surface area contributed by atoms with Gasteiger partial charge in [0.25, 0.3) is 11.5 Å². The van der Waals surface area contributed by atoms with Gasteiger partial charge >= 0.3 is 0 Å². The van der Waals surface area contributed by atoms with Crippen molar-refractivity contribution in [3.05, 3.63) is 92.0 Å². The Morgan fingerprint density at radius 3 is 2.41 bits per heavy atom. The minimum Gasteiger partial charge on any atom is -0.346 e. The number of halogens is 2. The Kier molecular flexibility index (Phi) is 6.35. The predicted molar refractivity (Wildman–Crippen MR) is 122 cm³/mol. The molecule has 3 heterocycles. The zero-order valence-corrected chi connectivity index (χ0v) is 19.0. The number of nitrogens with zero attached hydrogens (tertiary/aromatic N) is 3. The maximum atomic E-state index is 13.5. The summed E-state index contributed by atoms with van der Waals surface area (Å²) in [7, 11) is -1.40. The molecule has 0 saturated heterocycles. The van der Waals surface area contributed by atoms with Gasteiger partial charge in [-0.1, -0.05) is 11.6 Å². The normalized spacial score (nSPS) is 12.0. The van der Waals surface area contributed by atoms with Crippen LogP contribution in [-0.4, -0.2) is 30.5 Å². The molecule has 11 heteroatoms. The Labute approximate surface area is 193 Å². The van der Waals surface area contributed by atoms with E-state index in [0.717, 1.165) is 18.3 Å². The quantitative estimate of drug-likeness (QED) is 0.448. The van der Waals surface area contributed by atoms with Crippen molar-refractivity contribution >= 4 is 39.6 Å². The minimum atomic E-state index is -1.40. The van der Waals surface area contributed by atoms with Crippen LogP contribution < -0.4 is 10.9 Å². The molecule has 164 valence electrons. The van der Waals surface area contributed by atoms with Gasteiger partial charge in [-0.05, 0) is 42.5 Å². The van der Waals surface area contributed by atoms with Gasteiger partial charge in [0, 0.05) is 36.1 Å². The number of hydrogen-bond donors (Lipinski definition) is 1. The first kappa shape index (κ1) is 22.1. The molecular weight excluding hydrogens is 475 g/mol. The van der Waals surface area contributed by atoms with Crippen molar-refractivity contribution < 1.29 is 13.4 Å². The highest BCUT2D eigenvalue weighted by Crippen LogP contribution is 2.21. The molecule has 0 bridgehead atoms. The molecule has 0 radical (unpaired) electrons. The summed E-state index contributed by atoms with van der Waals surface area (Å²) in [5.41, 5.74) is 1.30. The van der Waals surface area contributed by atoms with E-state index in [0.29, 0.717) is 31.4 Å². The van der Waals surface area contributed by atoms with Crippen molar-refractivity contribution in [3.8, 4) is 11.4 Å². The number of imidazole rings is 1. The Balaban J connectivity index is 1.58. The summed E-state index contributed by atoms with van der Waals surface area (Å²) in [5.74, 6) is -0.802. The lowest BCUT2D eigenvalue weighted by Crippen LogP contribution is -2.21. The van der Waals surface area contributed by atoms with Crippen LogP contribution in [0.4, 0.5) is 4.39 Å². The van der Waals surface area contributed by atoms with Gasteiger partial charge in [-0.15, -0.1) is 11.3 Å². The van der Waals surface area contributed by atoms with Gasteiger partial charge in [-0.3, -0.25) is 22.9 Å². The number of amides is 1. The summed E-state index contributed by atoms with van der Waals surface area (Å²) >= 11 is 7.04. The number of aromatic nitrogens is 3. The molecule has 1 aromatic carbocycles. The van der Waals surface area contributed by atoms with E-state index < -0.39 is 16.6 Å². The zero-order chi connectivity index (χ0) is 22.8. The fourth-order valence-electron chi connectivity index (χ4n) is 3.01. The largest absolute Gasteiger partial charge is 0.346 e. The number of hydrogen-bond acceptors (Lipinski definition) is 5. The van der Waals surface area contributed by atoms with Crippen molar-refractivity contribution in [2.24, 2.45) is 0 Å². The molecule has 1 atom stereocenters. The second-order valence-electron chi connectivity index (χ2n) is 6.70. The van der Waals surface area contributed by atoms with Gasteiger partial charge in [0.1, 0.15) is 5.82 Å². The standard InChI is InChI=1S/C21H16ClFN4O3S2/c1-32(30)21-25-14(10-24-20(29)17-7-8-18(22)31-17)12-27(21)16-5-3-15(4-6-16)26-11-13(23)2-9-19(26)28/h2-9,11-12H,10H2,1H3,(H,24,29). The van der Waals surface area contributed by atoms with Crippen molar-refractivity contribution in [3.63, 3.8) is 0 Å². The fraction of sp³-hybridized carbons (Fsp3) is 0.0952. The van der Waals surface area contributed by atoms with Gasteiger partial charge < -0.3 is 5.32 Å². The number of carbonyl (C=O) groups excluding carboxylic acids is 1. The number of thiophene rings is 1. The van der Waals surface area contributed by atoms with E-state index in [4.69, 9.17) is 11.6 Å². The van der Waals surface area contributed by atoms with E-state index in [1.54, 1.807) is 47.2 Å². The number of nitrogens with one attached hydrogen (secondary N) is 1. The van der Waals surface area contributed by atoms with E-state index in [-0.39, 0.29) is 18.0 Å². The lowest BCUT2D eigenvalue weighted by molar-refractivity contribution is 0.0954. The van der Waals surface area contributed by atoms with Crippen molar-refractivity contribution in [2.45, 2.75) is 11.7 Å². The highest BCUT2D eigenvalue weighted by molar-refractivity contribution is 7.84. The summed E-state index contributed by atoms with van der Waals surface area (Å²) < 4.78 is 29.1. The van der Waals surface area contributed by atoms with Gasteiger partial charge in [0.15, 0.2) is 0 Å². The SMILES string of the molecule is CS(=O)c1nc(CNC(=O)c2ccc(Cl)s2)cn1-c1ccc(-n2cc(F)ccc2=O)cc1. The second kappa shape index (κ2) is 9.19. The molecule has 4 aromatic rings. The fourth-order valence-corrected chi connectivity index (χ4v) is 4.65. The highest BCUT2D eigenvalue weighted by Gasteiger charge is 2.15. The predicted octanol–water partition coefficient (Wildman–Crippen LogP) is 3.54. The van der Waals surface area contributed by atoms with Gasteiger partial charge in [0.2, 0.25) is 5.16 Å². The van der Waals surface area contributed by atoms with Crippen LogP contribution in [0.25, 0.3) is 11.4 Å². The van der Waals surface area contributed by atoms with Crippen LogP contribution in [-0.2, 0) is 17.3 Å². The number of pyridine rings is 1. The van der Waals surface area contributed by atoms with Crippen molar-refractivity contribution in [1.82, 2.24) is 19.4 Å². The highest BCUT2D eigenvalue weighted by atomic mass is 35.5. The summed E-state index contributed by atoms with van der Waals surface area (Å²) in [6, 6.07) is 12.3. The molecule has 0 fully saturated rings. The Bertz CT molecular complexity index is 1380. The molecule has 7 nitrogen and oxygen atoms in total. The first-order valence-corrected chi connectivity index (χ1v) is 12.0. The van der Waals surface area contributed by atoms with Crippen LogP contribution in [0.3, 0.4) is 0 Å². The van der Waals surface area contributed by atoms with Crippen LogP contribution in [0.5, 0.6) is 0 Å². The molecule has 0 saturated carbocycles. The average molecular weight is 491 g/mol. The van der Waals surface area contributed by atoms with Gasteiger partial charge in [-0.2, -0.15) is 0 Å². The molecule has 32 heavy (non-hydrogen) atoms. The Morgan fingerprint density at radius 2 is 1.78 bits per heavy atom. The number of rotatable bonds is 6. The lowest BCUT2D eigenvalue weighted by Gasteiger charge is -2.09. The van der Waals surface area contributed by atoms with Gasteiger partial charge in [-0.25, -0.2) is 9.37 Å². The lowest BCUT2D eigenvalue weighted by atomic mass is 10.2. The topological polar surface area (TPSA) is 86.0 Å². The zero-order valence-electron chi connectivity index (χ0n) is 16.6. The molecule has 0 aliphatic heterocycles. The van der Waals surface area contributed by atoms with Crippen LogP contribution in [0.15, 0.2) is 70.9 Å². The smallest absolute Gasteiger partial charge is 0.261 e. The van der Waals surface area contributed by atoms with Crippen molar-refractivity contribution in [1.29, 1.82) is 0 Å². The number of benzene rings is 1. The Hall–Kier alpha value is -3.08. The first-order valence-electron chi connectivity index (χ1n) is 9.26. The summed E-state index contributed by atoms with van der Waals surface area (Å²) in [6.07, 6.45) is 4.31. The van der Waals surface area contributed by atoms with E-state index >= 15 is 0 Å². The number of carbonyl (C=O) groups is 1. The minimum absolute atomic E-state index is 0.141. The molecule has 0 aliphatic carbocycles. The summed E-state index contributed by atoms with van der Waals surface area (Å²) in [4.78, 5) is 29.1. The third-order valence-electron chi connectivity index (χ3n) is 4.49. The molecule has 4 rings (SSSR count). The first-order chi connectivity index (χ1) is 15.3. The van der Waals surface area contributed by atoms with Gasteiger partial charge in [0.05, 0.1) is 32.3 Å². The molecule has 0 spiro atoms. The second-order valence-corrected chi connectivity index (χ2v) is 9.69. The molecule has 1 amide bonds. The third kappa shape index (κ3) is 4.72. The van der Waals surface area contributed by atoms with Crippen molar-refractivity contribution in [2.75, 3.05) is 6.26 Å². The molecule has 3 aromatic heterocycles. The van der Waals surface area contributed by atoms with Crippen LogP contribution in [0.2, 0.25) is 4.34 Å². The molecular formula is C21H16ClFN4O3S2. The molecule has 0 aliphatic rings. The molecule has 1 N–H and O–H groups in total. The third-order valence-corrected chi connectivity index (χ3v) is 6.52. The molecule has 1 unspecified atom stereocenters. The monoisotopic (exact) mass is 490 g/mol. The van der Waals surface area contributed by atoms with E-state index in [1.165, 1.54) is 22.2 Å². The van der Waals surface area contributed by atoms with Crippen LogP contribution in [0, 0.1) is 5.82 Å². The maximum absolute atomic E-state index is 13.5. The van der Waals surface area contributed by atoms with E-state index in [9.17, 15) is 18.2 Å². The maximum Gasteiger partial charge on any atom is 0.261 e. The average Bonchev–Trinajstić information content (AvgIpc) is 3.40. The Morgan fingerprint density at radius 1 is 1.09 bits per heavy atom. The summed E-state index contributed by atoms with van der Waals surface area (Å²) in [5, 5.41) is 3.08. The van der Waals surface area contributed by atoms with E-state index in [1.807, 2.05) is 0 Å². The van der Waals surface area contributed by atoms with Crippen LogP contribution >= 0.6 is 22.9 Å².